The summed E-state index contributed by atoms with van der Waals surface area (Å²) in [7, 11) is 4.51. The van der Waals surface area contributed by atoms with Crippen molar-refractivity contribution in [1.29, 1.82) is 0 Å². The zero-order valence-corrected chi connectivity index (χ0v) is 59.4. The predicted molar refractivity (Wildman–Crippen MR) is 359 cm³/mol. The Morgan fingerprint density at radius 3 is 1.89 bits per heavy atom. The first-order valence-corrected chi connectivity index (χ1v) is 35.0. The Hall–Kier alpha value is -6.87. The number of likely N-dealkylation sites (tertiary alicyclic amines) is 2. The molecule has 3 aliphatic rings. The number of hydroxylamine groups is 1. The molecule has 2 heterocycles. The Labute approximate surface area is 562 Å². The van der Waals surface area contributed by atoms with Crippen molar-refractivity contribution in [2.75, 3.05) is 73.5 Å². The zero-order valence-electron chi connectivity index (χ0n) is 58.6. The summed E-state index contributed by atoms with van der Waals surface area (Å²) >= 11 is 0. The van der Waals surface area contributed by atoms with Crippen LogP contribution >= 0.6 is 0 Å². The minimum absolute atomic E-state index is 0.00876. The van der Waals surface area contributed by atoms with E-state index in [9.17, 15) is 56.4 Å². The van der Waals surface area contributed by atoms with Crippen molar-refractivity contribution in [3.8, 4) is 5.75 Å². The summed E-state index contributed by atoms with van der Waals surface area (Å²) in [6.45, 7) is 20.2. The van der Waals surface area contributed by atoms with Crippen LogP contribution in [0.15, 0.2) is 48.5 Å². The van der Waals surface area contributed by atoms with Gasteiger partial charge in [0, 0.05) is 90.5 Å². The van der Waals surface area contributed by atoms with Gasteiger partial charge in [0.15, 0.2) is 12.4 Å². The van der Waals surface area contributed by atoms with Gasteiger partial charge < -0.3 is 44.7 Å². The number of carbonyl (C=O) groups excluding carboxylic acids is 9. The quantitative estimate of drug-likeness (QED) is 0.0474. The van der Waals surface area contributed by atoms with Crippen LogP contribution in [0, 0.1) is 48.3 Å². The number of carbonyl (C=O) groups is 10. The van der Waals surface area contributed by atoms with Crippen molar-refractivity contribution >= 4 is 74.6 Å². The Bertz CT molecular complexity index is 2980. The summed E-state index contributed by atoms with van der Waals surface area (Å²) in [5, 5.41) is 13.9. The number of ketones is 2. The lowest BCUT2D eigenvalue weighted by molar-refractivity contribution is -0.149. The van der Waals surface area contributed by atoms with E-state index in [0.717, 1.165) is 5.56 Å². The summed E-state index contributed by atoms with van der Waals surface area (Å²) in [4.78, 5) is 141. The molecule has 95 heavy (non-hydrogen) atoms. The van der Waals surface area contributed by atoms with Crippen LogP contribution in [0.2, 0.25) is 0 Å². The van der Waals surface area contributed by atoms with E-state index in [1.807, 2.05) is 91.7 Å². The molecule has 1 aliphatic carbocycles. The van der Waals surface area contributed by atoms with Crippen molar-refractivity contribution < 1.29 is 80.5 Å². The van der Waals surface area contributed by atoms with E-state index in [1.165, 1.54) is 14.2 Å². The number of benzene rings is 2. The Balaban J connectivity index is 0.000000568. The first kappa shape index (κ1) is 80.6. The number of nitrogens with one attached hydrogen (secondary N) is 4. The number of Topliss-reactive ketones (excluding diaryl/α,β-unsaturated/α-hetero) is 2. The number of rotatable bonds is 37. The van der Waals surface area contributed by atoms with Gasteiger partial charge >= 0.3 is 5.97 Å². The molecule has 2 aromatic rings. The number of sulfonamides is 1. The predicted octanol–water partition coefficient (Wildman–Crippen LogP) is 6.14. The highest BCUT2D eigenvalue weighted by atomic mass is 32.2. The number of anilines is 1. The second-order valence-electron chi connectivity index (χ2n) is 26.6. The molecule has 0 spiro atoms. The summed E-state index contributed by atoms with van der Waals surface area (Å²) in [6, 6.07) is 11.2. The Kier molecular flexibility index (Phi) is 32.9. The lowest BCUT2D eigenvalue weighted by atomic mass is 9.83. The van der Waals surface area contributed by atoms with Crippen molar-refractivity contribution in [3.05, 3.63) is 59.7 Å². The molecule has 0 bridgehead atoms. The van der Waals surface area contributed by atoms with Crippen LogP contribution in [0.3, 0.4) is 0 Å². The van der Waals surface area contributed by atoms with E-state index in [2.05, 4.69) is 20.8 Å². The fourth-order valence-corrected chi connectivity index (χ4v) is 13.8. The minimum atomic E-state index is -3.95. The third-order valence-corrected chi connectivity index (χ3v) is 20.2. The SMILES string of the molecule is CCONC(=O)COc1ccc(C[C@H](NC(=O)[C@H](C)[C@@H](OC)[C@@H]2CCCN2C(=O)C[C@@H](OC)[C@H]([C@@H](C)CC)N(C)C(=O)[C@@H](CC(=O)[C@H](C(C)C)N(C)C)C(C)C)C(=O)NS(=O)(=O)C2CC2)cc1.Cc1ccc(NC(=O)[C@H](C)CC(=O)CCC(=O)N2CCC(C(=O)O)CC2)cc1. The molecule has 532 valence electrons. The number of aliphatic carboxylic acids is 1. The van der Waals surface area contributed by atoms with E-state index in [0.29, 0.717) is 81.6 Å². The molecular formula is C69H108N8O17S. The smallest absolute Gasteiger partial charge is 0.306 e. The molecular weight excluding hydrogens is 1240 g/mol. The molecule has 1 saturated carbocycles. The van der Waals surface area contributed by atoms with Crippen LogP contribution in [-0.2, 0) is 78.7 Å². The largest absolute Gasteiger partial charge is 0.484 e. The molecule has 26 heteroatoms. The molecule has 3 fully saturated rings. The molecule has 0 unspecified atom stereocenters. The number of carboxylic acid groups (broad SMARTS) is 1. The molecule has 25 nitrogen and oxygen atoms in total. The van der Waals surface area contributed by atoms with Crippen LogP contribution < -0.4 is 25.6 Å². The van der Waals surface area contributed by atoms with E-state index in [-0.39, 0.29) is 111 Å². The molecule has 7 amide bonds. The summed E-state index contributed by atoms with van der Waals surface area (Å²) in [5.41, 5.74) is 4.60. The van der Waals surface area contributed by atoms with E-state index in [1.54, 1.807) is 66.8 Å². The highest BCUT2D eigenvalue weighted by Crippen LogP contribution is 2.32. The van der Waals surface area contributed by atoms with Gasteiger partial charge in [-0.1, -0.05) is 91.6 Å². The Morgan fingerprint density at radius 1 is 0.726 bits per heavy atom. The molecule has 0 radical (unpaired) electrons. The number of hydrogen-bond acceptors (Lipinski definition) is 17. The van der Waals surface area contributed by atoms with Gasteiger partial charge in [-0.15, -0.1) is 0 Å². The molecule has 2 saturated heterocycles. The fourth-order valence-electron chi connectivity index (χ4n) is 12.5. The van der Waals surface area contributed by atoms with Crippen molar-refractivity contribution in [2.45, 2.75) is 194 Å². The second-order valence-corrected chi connectivity index (χ2v) is 28.6. The fraction of sp³-hybridized carbons (Fsp3) is 0.681. The first-order chi connectivity index (χ1) is 44.8. The summed E-state index contributed by atoms with van der Waals surface area (Å²) in [6.07, 6.45) is 2.39. The zero-order chi connectivity index (χ0) is 71.0. The monoisotopic (exact) mass is 1350 g/mol. The van der Waals surface area contributed by atoms with E-state index < -0.39 is 93.0 Å². The third kappa shape index (κ3) is 24.9. The number of piperidine rings is 1. The summed E-state index contributed by atoms with van der Waals surface area (Å²) < 4.78 is 45.4. The van der Waals surface area contributed by atoms with Gasteiger partial charge in [-0.05, 0) is 114 Å². The number of carboxylic acids is 1. The minimum Gasteiger partial charge on any atom is -0.484 e. The standard InChI is InChI=1S/C48H80N6O12S.C21H28N2O5/c1-14-31(7)44(53(11)48(60)36(29(3)4)26-39(55)43(30(5)6)52(9)10)40(63-12)27-42(57)54-24-16-17-38(54)45(64-13)32(8)46(58)49-37(47(59)51-67(61,62)35-22-23-35)25-33-18-20-34(21-19-33)65-28-41(56)50-66-15-2;1-14-3-5-17(6-4-14)22-20(26)15(2)13-18(24)7-8-19(25)23-11-9-16(10-12-23)21(27)28/h18-21,29-32,35-38,40,43-45H,14-17,22-28H2,1-13H3,(H,49,58)(H,50,56)(H,51,59);3-6,15-16H,7-13H2,1-2H3,(H,22,26)(H,27,28)/t31-,32+,36-,37-,38-,40+,43-,44-,45+;15-/m01/s1. The number of aryl methyl sites for hydroxylation is 1. The number of likely N-dealkylation sites (N-methyl/N-ethyl adjacent to an activating group) is 2. The van der Waals surface area contributed by atoms with Crippen molar-refractivity contribution in [1.82, 2.24) is 35.1 Å². The number of hydrogen-bond donors (Lipinski definition) is 5. The number of nitrogens with zero attached hydrogens (tertiary/aromatic N) is 4. The van der Waals surface area contributed by atoms with Crippen molar-refractivity contribution in [3.63, 3.8) is 0 Å². The lowest BCUT2D eigenvalue weighted by Crippen LogP contribution is -2.55. The molecule has 2 aliphatic heterocycles. The van der Waals surface area contributed by atoms with Gasteiger partial charge in [0.05, 0.1) is 60.4 Å². The highest BCUT2D eigenvalue weighted by molar-refractivity contribution is 7.90. The van der Waals surface area contributed by atoms with Gasteiger partial charge in [-0.2, -0.15) is 0 Å². The first-order valence-electron chi connectivity index (χ1n) is 33.5. The molecule has 2 aromatic carbocycles. The topological polar surface area (TPSA) is 323 Å². The molecule has 5 N–H and O–H groups in total. The van der Waals surface area contributed by atoms with E-state index >= 15 is 0 Å². The summed E-state index contributed by atoms with van der Waals surface area (Å²) in [5.74, 6) is -5.75. The second kappa shape index (κ2) is 38.8. The number of ether oxygens (including phenoxy) is 3. The van der Waals surface area contributed by atoms with Gasteiger partial charge in [-0.25, -0.2) is 13.9 Å². The van der Waals surface area contributed by atoms with E-state index in [4.69, 9.17) is 24.2 Å². The number of amides is 7. The molecule has 10 atom stereocenters. The Morgan fingerprint density at radius 2 is 1.36 bits per heavy atom. The van der Waals surface area contributed by atoms with Gasteiger partial charge in [0.1, 0.15) is 17.6 Å². The maximum absolute atomic E-state index is 14.4. The highest BCUT2D eigenvalue weighted by Gasteiger charge is 2.45. The maximum atomic E-state index is 14.4. The van der Waals surface area contributed by atoms with Gasteiger partial charge in [0.25, 0.3) is 11.8 Å². The van der Waals surface area contributed by atoms with Crippen LogP contribution in [0.1, 0.15) is 150 Å². The molecule has 0 aromatic heterocycles. The third-order valence-electron chi connectivity index (χ3n) is 18.3. The van der Waals surface area contributed by atoms with Gasteiger partial charge in [-0.3, -0.25) is 62.4 Å². The van der Waals surface area contributed by atoms with Crippen LogP contribution in [0.25, 0.3) is 0 Å². The van der Waals surface area contributed by atoms with Gasteiger partial charge in [0.2, 0.25) is 39.6 Å². The maximum Gasteiger partial charge on any atom is 0.306 e. The van der Waals surface area contributed by atoms with Crippen LogP contribution in [0.4, 0.5) is 5.69 Å². The average Bonchev–Trinajstić information content (AvgIpc) is 1.80. The lowest BCUT2D eigenvalue weighted by Gasteiger charge is -2.41. The average molecular weight is 1350 g/mol. The number of methoxy groups -OCH3 is 2. The molecule has 5 rings (SSSR count). The van der Waals surface area contributed by atoms with Crippen molar-refractivity contribution in [2.24, 2.45) is 41.4 Å². The normalized spacial score (nSPS) is 18.0. The van der Waals surface area contributed by atoms with Crippen LogP contribution in [0.5, 0.6) is 5.75 Å². The van der Waals surface area contributed by atoms with Crippen LogP contribution in [-0.4, -0.2) is 202 Å².